The van der Waals surface area contributed by atoms with Crippen LogP contribution in [0.25, 0.3) is 0 Å². The zero-order chi connectivity index (χ0) is 7.40. The number of rotatable bonds is 3. The first-order valence-corrected chi connectivity index (χ1v) is 5.04. The topological polar surface area (TPSA) is 38.9 Å². The van der Waals surface area contributed by atoms with E-state index in [-0.39, 0.29) is 0 Å². The second-order valence-corrected chi connectivity index (χ2v) is 4.02. The zero-order valence-corrected chi connectivity index (χ0v) is 7.47. The van der Waals surface area contributed by atoms with Crippen molar-refractivity contribution in [3.63, 3.8) is 0 Å². The Morgan fingerprint density at radius 3 is 3.10 bits per heavy atom. The van der Waals surface area contributed by atoms with Crippen LogP contribution in [0.15, 0.2) is 6.07 Å². The van der Waals surface area contributed by atoms with Crippen molar-refractivity contribution in [1.29, 1.82) is 0 Å². The van der Waals surface area contributed by atoms with Crippen LogP contribution in [0.2, 0.25) is 0 Å². The van der Waals surface area contributed by atoms with Gasteiger partial charge in [-0.15, -0.1) is 0 Å². The molecule has 0 aliphatic heterocycles. The van der Waals surface area contributed by atoms with E-state index in [1.54, 1.807) is 0 Å². The second kappa shape index (κ2) is 3.83. The van der Waals surface area contributed by atoms with Crippen molar-refractivity contribution in [2.45, 2.75) is 12.7 Å². The third-order valence-corrected chi connectivity index (χ3v) is 2.93. The van der Waals surface area contributed by atoms with Crippen LogP contribution in [0.1, 0.15) is 11.8 Å². The van der Waals surface area contributed by atoms with Crippen LogP contribution in [-0.4, -0.2) is 10.1 Å². The number of hydrogen-bond donors (Lipinski definition) is 1. The fourth-order valence-electron chi connectivity index (χ4n) is 0.600. The lowest BCUT2D eigenvalue weighted by Crippen LogP contribution is -1.80. The van der Waals surface area contributed by atoms with Gasteiger partial charge in [0.2, 0.25) is 0 Å². The number of nitrogen functional groups attached to an aromatic ring is 1. The summed E-state index contributed by atoms with van der Waals surface area (Å²) in [5, 5.41) is 0. The van der Waals surface area contributed by atoms with Gasteiger partial charge in [0.15, 0.2) is 0 Å². The minimum absolute atomic E-state index is 0.650. The van der Waals surface area contributed by atoms with Gasteiger partial charge in [-0.25, -0.2) is 0 Å². The first kappa shape index (κ1) is 7.88. The van der Waals surface area contributed by atoms with E-state index in [1.807, 2.05) is 17.8 Å². The first-order chi connectivity index (χ1) is 4.83. The Morgan fingerprint density at radius 1 is 1.80 bits per heavy atom. The number of thioether (sulfide) groups is 1. The van der Waals surface area contributed by atoms with E-state index in [4.69, 9.17) is 5.73 Å². The predicted molar refractivity (Wildman–Crippen MR) is 48.4 cm³/mol. The van der Waals surface area contributed by atoms with Gasteiger partial charge >= 0.3 is 0 Å². The quantitative estimate of drug-likeness (QED) is 0.761. The van der Waals surface area contributed by atoms with Crippen LogP contribution in [0, 0.1) is 0 Å². The van der Waals surface area contributed by atoms with Crippen molar-refractivity contribution in [2.24, 2.45) is 0 Å². The van der Waals surface area contributed by atoms with E-state index in [0.717, 1.165) is 11.5 Å². The lowest BCUT2D eigenvalue weighted by molar-refractivity contribution is 1.47. The van der Waals surface area contributed by atoms with Gasteiger partial charge in [0, 0.05) is 10.6 Å². The van der Waals surface area contributed by atoms with Crippen LogP contribution in [0.4, 0.5) is 5.82 Å². The monoisotopic (exact) mass is 174 g/mol. The van der Waals surface area contributed by atoms with Gasteiger partial charge in [0.1, 0.15) is 5.82 Å². The number of aromatic nitrogens is 1. The molecular formula is C6H10N2S2. The molecule has 10 heavy (non-hydrogen) atoms. The molecule has 1 heterocycles. The molecule has 4 heteroatoms. The summed E-state index contributed by atoms with van der Waals surface area (Å²) in [4.78, 5) is 1.27. The highest BCUT2D eigenvalue weighted by Gasteiger charge is 1.96. The Balaban J connectivity index is 2.42. The highest BCUT2D eigenvalue weighted by molar-refractivity contribution is 7.98. The molecule has 0 aliphatic carbocycles. The van der Waals surface area contributed by atoms with Gasteiger partial charge in [-0.1, -0.05) is 6.92 Å². The summed E-state index contributed by atoms with van der Waals surface area (Å²) >= 11 is 3.38. The molecule has 0 bridgehead atoms. The van der Waals surface area contributed by atoms with Crippen molar-refractivity contribution >= 4 is 29.1 Å². The molecule has 0 aromatic carbocycles. The number of anilines is 1. The average Bonchev–Trinajstić information content (AvgIpc) is 2.31. The molecule has 0 amide bonds. The van der Waals surface area contributed by atoms with E-state index < -0.39 is 0 Å². The summed E-state index contributed by atoms with van der Waals surface area (Å²) in [6, 6.07) is 1.94. The van der Waals surface area contributed by atoms with Crippen molar-refractivity contribution in [3.05, 3.63) is 10.9 Å². The molecular weight excluding hydrogens is 164 g/mol. The summed E-state index contributed by atoms with van der Waals surface area (Å²) in [7, 11) is 0. The fraction of sp³-hybridized carbons (Fsp3) is 0.500. The molecule has 0 radical (unpaired) electrons. The van der Waals surface area contributed by atoms with E-state index in [2.05, 4.69) is 11.3 Å². The Morgan fingerprint density at radius 2 is 2.60 bits per heavy atom. The average molecular weight is 174 g/mol. The van der Waals surface area contributed by atoms with Crippen molar-refractivity contribution in [3.8, 4) is 0 Å². The minimum Gasteiger partial charge on any atom is -0.383 e. The lowest BCUT2D eigenvalue weighted by Gasteiger charge is -1.89. The number of hydrogen-bond acceptors (Lipinski definition) is 4. The van der Waals surface area contributed by atoms with Crippen molar-refractivity contribution in [2.75, 3.05) is 11.5 Å². The Labute approximate surface area is 69.0 Å². The smallest absolute Gasteiger partial charge is 0.137 e. The standard InChI is InChI=1S/C6H10N2S2/c1-2-9-4-5-3-6(7)8-10-5/h3H,2,4H2,1H3,(H2,7,8). The van der Waals surface area contributed by atoms with Crippen LogP contribution in [-0.2, 0) is 5.75 Å². The molecule has 0 atom stereocenters. The molecule has 0 spiro atoms. The molecule has 56 valence electrons. The maximum Gasteiger partial charge on any atom is 0.137 e. The maximum atomic E-state index is 5.44. The first-order valence-electron chi connectivity index (χ1n) is 3.11. The summed E-state index contributed by atoms with van der Waals surface area (Å²) in [5.41, 5.74) is 5.44. The molecule has 1 aromatic rings. The lowest BCUT2D eigenvalue weighted by atomic mass is 10.5. The van der Waals surface area contributed by atoms with Crippen LogP contribution >= 0.6 is 23.3 Å². The highest BCUT2D eigenvalue weighted by atomic mass is 32.2. The molecule has 2 nitrogen and oxygen atoms in total. The van der Waals surface area contributed by atoms with Crippen LogP contribution in [0.5, 0.6) is 0 Å². The largest absolute Gasteiger partial charge is 0.383 e. The van der Waals surface area contributed by atoms with Gasteiger partial charge < -0.3 is 5.73 Å². The molecule has 0 aliphatic rings. The second-order valence-electron chi connectivity index (χ2n) is 1.86. The summed E-state index contributed by atoms with van der Waals surface area (Å²) in [6.07, 6.45) is 0. The Kier molecular flexibility index (Phi) is 3.02. The van der Waals surface area contributed by atoms with Gasteiger partial charge in [-0.3, -0.25) is 0 Å². The van der Waals surface area contributed by atoms with E-state index >= 15 is 0 Å². The fourth-order valence-corrected chi connectivity index (χ4v) is 2.00. The summed E-state index contributed by atoms with van der Waals surface area (Å²) in [5.74, 6) is 2.85. The van der Waals surface area contributed by atoms with Gasteiger partial charge in [-0.05, 0) is 23.4 Å². The summed E-state index contributed by atoms with van der Waals surface area (Å²) < 4.78 is 3.98. The SMILES string of the molecule is CCSCc1cc(N)ns1. The van der Waals surface area contributed by atoms with E-state index in [1.165, 1.54) is 16.4 Å². The van der Waals surface area contributed by atoms with Gasteiger partial charge in [0.25, 0.3) is 0 Å². The number of nitrogens with zero attached hydrogens (tertiary/aromatic N) is 1. The molecule has 0 fully saturated rings. The molecule has 0 unspecified atom stereocenters. The van der Waals surface area contributed by atoms with Crippen LogP contribution in [0.3, 0.4) is 0 Å². The van der Waals surface area contributed by atoms with E-state index in [9.17, 15) is 0 Å². The minimum atomic E-state index is 0.650. The molecule has 1 aromatic heterocycles. The van der Waals surface area contributed by atoms with Crippen molar-refractivity contribution < 1.29 is 0 Å². The zero-order valence-electron chi connectivity index (χ0n) is 5.83. The van der Waals surface area contributed by atoms with E-state index in [0.29, 0.717) is 5.82 Å². The van der Waals surface area contributed by atoms with Gasteiger partial charge in [-0.2, -0.15) is 16.1 Å². The Bertz CT molecular complexity index is 197. The highest BCUT2D eigenvalue weighted by Crippen LogP contribution is 2.17. The van der Waals surface area contributed by atoms with Gasteiger partial charge in [0.05, 0.1) is 0 Å². The maximum absolute atomic E-state index is 5.44. The number of nitrogens with two attached hydrogens (primary N) is 1. The molecule has 0 saturated carbocycles. The summed E-state index contributed by atoms with van der Waals surface area (Å²) in [6.45, 7) is 2.15. The Hall–Kier alpha value is -0.220. The molecule has 0 saturated heterocycles. The van der Waals surface area contributed by atoms with Crippen molar-refractivity contribution in [1.82, 2.24) is 4.37 Å². The molecule has 1 rings (SSSR count). The normalized spacial score (nSPS) is 10.1. The molecule has 2 N–H and O–H groups in total. The third-order valence-electron chi connectivity index (χ3n) is 1.03. The third kappa shape index (κ3) is 2.19. The van der Waals surface area contributed by atoms with Crippen LogP contribution < -0.4 is 5.73 Å². The predicted octanol–water partition coefficient (Wildman–Crippen LogP) is 1.98.